The molecule has 2 aromatic carbocycles. The van der Waals surface area contributed by atoms with E-state index in [4.69, 9.17) is 5.11 Å². The lowest BCUT2D eigenvalue weighted by molar-refractivity contribution is 0.140. The molecule has 0 radical (unpaired) electrons. The number of carbonyl (C=O) groups is 1. The maximum atomic E-state index is 12.6. The van der Waals surface area contributed by atoms with E-state index in [-0.39, 0.29) is 6.17 Å². The Morgan fingerprint density at radius 1 is 1.09 bits per heavy atom. The first-order valence-electron chi connectivity index (χ1n) is 7.60. The minimum Gasteiger partial charge on any atom is -0.465 e. The van der Waals surface area contributed by atoms with E-state index < -0.39 is 12.8 Å². The molecule has 23 heavy (non-hydrogen) atoms. The van der Waals surface area contributed by atoms with E-state index in [0.717, 1.165) is 18.7 Å². The molecule has 0 aromatic heterocycles. The van der Waals surface area contributed by atoms with Crippen molar-refractivity contribution in [1.82, 2.24) is 10.2 Å². The summed E-state index contributed by atoms with van der Waals surface area (Å²) in [5, 5.41) is 11.7. The number of nitrogens with zero attached hydrogens (tertiary/aromatic N) is 1. The van der Waals surface area contributed by atoms with Gasteiger partial charge < -0.3 is 10.4 Å². The van der Waals surface area contributed by atoms with Crippen LogP contribution >= 0.6 is 0 Å². The molecule has 2 aromatic rings. The zero-order chi connectivity index (χ0) is 16.2. The van der Waals surface area contributed by atoms with E-state index in [1.54, 1.807) is 12.1 Å². The van der Waals surface area contributed by atoms with Crippen molar-refractivity contribution in [3.63, 3.8) is 0 Å². The van der Waals surface area contributed by atoms with Crippen LogP contribution in [0.5, 0.6) is 0 Å². The molecule has 4 nitrogen and oxygen atoms in total. The summed E-state index contributed by atoms with van der Waals surface area (Å²) in [6.07, 6.45) is -0.796. The molecule has 0 spiro atoms. The Morgan fingerprint density at radius 3 is 2.17 bits per heavy atom. The van der Waals surface area contributed by atoms with Crippen LogP contribution in [0, 0.1) is 0 Å². The maximum Gasteiger partial charge on any atom is 0.405 e. The lowest BCUT2D eigenvalue weighted by Gasteiger charge is -2.27. The van der Waals surface area contributed by atoms with Crippen LogP contribution in [0.25, 0.3) is 0 Å². The third-order valence-electron chi connectivity index (χ3n) is 4.20. The van der Waals surface area contributed by atoms with Gasteiger partial charge in [-0.15, -0.1) is 0 Å². The summed E-state index contributed by atoms with van der Waals surface area (Å²) in [5.41, 5.74) is 4.08. The first kappa shape index (κ1) is 15.5. The molecule has 0 saturated heterocycles. The van der Waals surface area contributed by atoms with E-state index in [1.165, 1.54) is 11.1 Å². The van der Waals surface area contributed by atoms with Gasteiger partial charge in [-0.1, -0.05) is 48.5 Å². The SMILES string of the molecule is O=C(O)NC(Cc1ccc(CF)cc1)N1Cc2ccccc2C1. The number of halogens is 1. The maximum absolute atomic E-state index is 12.6. The number of carboxylic acid groups (broad SMARTS) is 1. The Balaban J connectivity index is 1.74. The van der Waals surface area contributed by atoms with Gasteiger partial charge in [-0.05, 0) is 22.3 Å². The van der Waals surface area contributed by atoms with Gasteiger partial charge in [0, 0.05) is 19.5 Å². The molecule has 1 atom stereocenters. The highest BCUT2D eigenvalue weighted by Crippen LogP contribution is 2.24. The van der Waals surface area contributed by atoms with Crippen LogP contribution in [0.4, 0.5) is 9.18 Å². The second-order valence-corrected chi connectivity index (χ2v) is 5.79. The van der Waals surface area contributed by atoms with Crippen molar-refractivity contribution >= 4 is 6.09 Å². The van der Waals surface area contributed by atoms with Crippen LogP contribution < -0.4 is 5.32 Å². The fourth-order valence-corrected chi connectivity index (χ4v) is 2.98. The van der Waals surface area contributed by atoms with E-state index >= 15 is 0 Å². The summed E-state index contributed by atoms with van der Waals surface area (Å²) in [6.45, 7) is 0.964. The Hall–Kier alpha value is -2.40. The number of fused-ring (bicyclic) bond motifs is 1. The summed E-state index contributed by atoms with van der Waals surface area (Å²) in [4.78, 5) is 13.3. The summed E-state index contributed by atoms with van der Waals surface area (Å²) in [7, 11) is 0. The normalized spacial score (nSPS) is 15.2. The predicted molar refractivity (Wildman–Crippen MR) is 85.6 cm³/mol. The van der Waals surface area contributed by atoms with Gasteiger partial charge in [-0.25, -0.2) is 9.18 Å². The van der Waals surface area contributed by atoms with Crippen LogP contribution in [0.15, 0.2) is 48.5 Å². The number of alkyl halides is 1. The smallest absolute Gasteiger partial charge is 0.405 e. The Morgan fingerprint density at radius 2 is 1.65 bits per heavy atom. The van der Waals surface area contributed by atoms with Gasteiger partial charge in [0.2, 0.25) is 0 Å². The molecule has 0 saturated carbocycles. The molecule has 1 aliphatic heterocycles. The van der Waals surface area contributed by atoms with E-state index in [2.05, 4.69) is 22.3 Å². The van der Waals surface area contributed by atoms with Crippen molar-refractivity contribution in [2.75, 3.05) is 0 Å². The monoisotopic (exact) mass is 314 g/mol. The first-order chi connectivity index (χ1) is 11.2. The van der Waals surface area contributed by atoms with Gasteiger partial charge in [0.1, 0.15) is 6.67 Å². The average molecular weight is 314 g/mol. The Bertz CT molecular complexity index is 663. The fourth-order valence-electron chi connectivity index (χ4n) is 2.98. The van der Waals surface area contributed by atoms with Crippen LogP contribution in [0.3, 0.4) is 0 Å². The lowest BCUT2D eigenvalue weighted by Crippen LogP contribution is -2.46. The molecule has 3 rings (SSSR count). The molecule has 1 amide bonds. The lowest BCUT2D eigenvalue weighted by atomic mass is 10.1. The van der Waals surface area contributed by atoms with Crippen molar-refractivity contribution in [3.05, 3.63) is 70.8 Å². The third kappa shape index (κ3) is 3.68. The summed E-state index contributed by atoms with van der Waals surface area (Å²) in [6, 6.07) is 15.3. The molecule has 0 bridgehead atoms. The molecule has 1 aliphatic rings. The van der Waals surface area contributed by atoms with E-state index in [0.29, 0.717) is 12.0 Å². The Kier molecular flexibility index (Phi) is 4.57. The average Bonchev–Trinajstić information content (AvgIpc) is 2.98. The Labute approximate surface area is 134 Å². The van der Waals surface area contributed by atoms with Crippen LogP contribution in [-0.2, 0) is 26.2 Å². The number of benzene rings is 2. The van der Waals surface area contributed by atoms with Gasteiger partial charge in [-0.2, -0.15) is 0 Å². The van der Waals surface area contributed by atoms with Crippen molar-refractivity contribution < 1.29 is 14.3 Å². The van der Waals surface area contributed by atoms with Crippen LogP contribution in [0.1, 0.15) is 22.3 Å². The summed E-state index contributed by atoms with van der Waals surface area (Å²) < 4.78 is 12.6. The van der Waals surface area contributed by atoms with Gasteiger partial charge in [0.15, 0.2) is 0 Å². The standard InChI is InChI=1S/C18H19FN2O2/c19-10-14-7-5-13(6-8-14)9-17(20-18(22)23)21-11-15-3-1-2-4-16(15)12-21/h1-8,17,20H,9-12H2,(H,22,23). The highest BCUT2D eigenvalue weighted by atomic mass is 19.1. The fraction of sp³-hybridized carbons (Fsp3) is 0.278. The predicted octanol–water partition coefficient (Wildman–Crippen LogP) is 3.31. The van der Waals surface area contributed by atoms with Crippen LogP contribution in [-0.4, -0.2) is 22.3 Å². The number of rotatable bonds is 5. The van der Waals surface area contributed by atoms with E-state index in [1.807, 2.05) is 24.3 Å². The molecule has 5 heteroatoms. The molecule has 1 heterocycles. The quantitative estimate of drug-likeness (QED) is 0.890. The molecule has 120 valence electrons. The van der Waals surface area contributed by atoms with Gasteiger partial charge >= 0.3 is 6.09 Å². The number of nitrogens with one attached hydrogen (secondary N) is 1. The van der Waals surface area contributed by atoms with Crippen molar-refractivity contribution in [2.24, 2.45) is 0 Å². The van der Waals surface area contributed by atoms with E-state index in [9.17, 15) is 9.18 Å². The second-order valence-electron chi connectivity index (χ2n) is 5.79. The number of hydrogen-bond acceptors (Lipinski definition) is 2. The van der Waals surface area contributed by atoms with Gasteiger partial charge in [-0.3, -0.25) is 4.90 Å². The largest absolute Gasteiger partial charge is 0.465 e. The zero-order valence-corrected chi connectivity index (χ0v) is 12.7. The van der Waals surface area contributed by atoms with Crippen molar-refractivity contribution in [3.8, 4) is 0 Å². The minimum atomic E-state index is -1.04. The summed E-state index contributed by atoms with van der Waals surface area (Å²) >= 11 is 0. The van der Waals surface area contributed by atoms with Crippen molar-refractivity contribution in [1.29, 1.82) is 0 Å². The number of hydrogen-bond donors (Lipinski definition) is 2. The highest BCUT2D eigenvalue weighted by Gasteiger charge is 2.26. The summed E-state index contributed by atoms with van der Waals surface area (Å²) in [5.74, 6) is 0. The first-order valence-corrected chi connectivity index (χ1v) is 7.60. The van der Waals surface area contributed by atoms with Crippen molar-refractivity contribution in [2.45, 2.75) is 32.4 Å². The molecule has 0 fully saturated rings. The molecular formula is C18H19FN2O2. The van der Waals surface area contributed by atoms with Gasteiger partial charge in [0.25, 0.3) is 0 Å². The topological polar surface area (TPSA) is 52.6 Å². The van der Waals surface area contributed by atoms with Crippen LogP contribution in [0.2, 0.25) is 0 Å². The molecular weight excluding hydrogens is 295 g/mol. The highest BCUT2D eigenvalue weighted by molar-refractivity contribution is 5.64. The molecule has 2 N–H and O–H groups in total. The molecule has 0 aliphatic carbocycles. The number of amides is 1. The zero-order valence-electron chi connectivity index (χ0n) is 12.7. The van der Waals surface area contributed by atoms with Gasteiger partial charge in [0.05, 0.1) is 6.17 Å². The minimum absolute atomic E-state index is 0.309. The second kappa shape index (κ2) is 6.79. The third-order valence-corrected chi connectivity index (χ3v) is 4.20. The molecule has 1 unspecified atom stereocenters.